The zero-order valence-corrected chi connectivity index (χ0v) is 22.4. The van der Waals surface area contributed by atoms with E-state index < -0.39 is 17.5 Å². The summed E-state index contributed by atoms with van der Waals surface area (Å²) in [7, 11) is 0. The molecule has 1 aliphatic carbocycles. The number of hydrogen-bond donors (Lipinski definition) is 3. The summed E-state index contributed by atoms with van der Waals surface area (Å²) in [5, 5.41) is 24.6. The van der Waals surface area contributed by atoms with Crippen LogP contribution in [0.2, 0.25) is 0 Å². The number of ether oxygens (including phenoxy) is 1. The fraction of sp³-hybridized carbons (Fsp3) is 0.433. The van der Waals surface area contributed by atoms with Gasteiger partial charge in [0.15, 0.2) is 17.3 Å². The molecule has 0 saturated heterocycles. The maximum atomic E-state index is 13.3. The van der Waals surface area contributed by atoms with E-state index in [4.69, 9.17) is 4.74 Å². The van der Waals surface area contributed by atoms with Crippen molar-refractivity contribution in [2.24, 2.45) is 5.92 Å². The minimum Gasteiger partial charge on any atom is -0.507 e. The first-order chi connectivity index (χ1) is 17.7. The van der Waals surface area contributed by atoms with E-state index in [-0.39, 0.29) is 51.6 Å². The number of carbonyl (C=O) groups is 3. The van der Waals surface area contributed by atoms with Crippen LogP contribution in [0.1, 0.15) is 108 Å². The number of phenolic OH excluding ortho intramolecular Hbond substituents is 2. The molecule has 0 fully saturated rings. The van der Waals surface area contributed by atoms with Gasteiger partial charge in [-0.25, -0.2) is 4.79 Å². The Hall–Kier alpha value is -3.61. The summed E-state index contributed by atoms with van der Waals surface area (Å²) < 4.78 is 5.12. The zero-order chi connectivity index (χ0) is 27.5. The standard InChI is InChI=1S/C26H31NO6.C4H8/c1-4-7-8-15(6-3)14-27-19-13-20(28)21-22(25(19)31)24(30)18-12-16(26(32)33-11-5-2)9-10-17(18)23(21)29;1-3-4-2/h9-10,12-13,15,27-28,31H,4-8,11,14H2,1-3H3;3H,1,4H2,2H3. The summed E-state index contributed by atoms with van der Waals surface area (Å²) in [5.41, 5.74) is -0.0679. The monoisotopic (exact) mass is 509 g/mol. The van der Waals surface area contributed by atoms with Gasteiger partial charge in [0.05, 0.1) is 29.0 Å². The predicted octanol–water partition coefficient (Wildman–Crippen LogP) is 6.65. The largest absolute Gasteiger partial charge is 0.507 e. The van der Waals surface area contributed by atoms with E-state index in [9.17, 15) is 24.6 Å². The van der Waals surface area contributed by atoms with Crippen molar-refractivity contribution in [2.45, 2.75) is 66.2 Å². The molecule has 0 amide bonds. The number of allylic oxidation sites excluding steroid dienone is 1. The number of ketones is 2. The summed E-state index contributed by atoms with van der Waals surface area (Å²) in [6, 6.07) is 5.39. The van der Waals surface area contributed by atoms with Gasteiger partial charge < -0.3 is 20.3 Å². The Morgan fingerprint density at radius 1 is 1.03 bits per heavy atom. The number of fused-ring (bicyclic) bond motifs is 2. The van der Waals surface area contributed by atoms with E-state index in [1.165, 1.54) is 24.3 Å². The van der Waals surface area contributed by atoms with Crippen molar-refractivity contribution in [3.05, 3.63) is 64.7 Å². The van der Waals surface area contributed by atoms with Gasteiger partial charge in [0, 0.05) is 23.7 Å². The molecule has 7 heteroatoms. The number of unbranched alkanes of at least 4 members (excludes halogenated alkanes) is 1. The molecule has 3 rings (SSSR count). The van der Waals surface area contributed by atoms with Crippen LogP contribution >= 0.6 is 0 Å². The van der Waals surface area contributed by atoms with Crippen LogP contribution in [-0.4, -0.2) is 40.9 Å². The molecule has 200 valence electrons. The molecule has 1 atom stereocenters. The van der Waals surface area contributed by atoms with Crippen molar-refractivity contribution in [2.75, 3.05) is 18.5 Å². The molecule has 3 N–H and O–H groups in total. The normalized spacial score (nSPS) is 12.5. The van der Waals surface area contributed by atoms with Crippen molar-refractivity contribution in [3.63, 3.8) is 0 Å². The highest BCUT2D eigenvalue weighted by Gasteiger charge is 2.36. The second-order valence-corrected chi connectivity index (χ2v) is 9.09. The number of nitrogens with one attached hydrogen (secondary N) is 1. The lowest BCUT2D eigenvalue weighted by Gasteiger charge is -2.23. The SMILES string of the molecule is C=CCC.CCCCC(CC)CNc1cc(O)c2c(c1O)C(=O)c1cc(C(=O)OCCC)ccc1C2=O. The summed E-state index contributed by atoms with van der Waals surface area (Å²) in [6.45, 7) is 12.4. The predicted molar refractivity (Wildman–Crippen MR) is 146 cm³/mol. The molecule has 37 heavy (non-hydrogen) atoms. The topological polar surface area (TPSA) is 113 Å². The Kier molecular flexibility index (Phi) is 11.4. The quantitative estimate of drug-likeness (QED) is 0.115. The highest BCUT2D eigenvalue weighted by Crippen LogP contribution is 2.42. The van der Waals surface area contributed by atoms with Crippen molar-refractivity contribution in [1.82, 2.24) is 0 Å². The van der Waals surface area contributed by atoms with Gasteiger partial charge >= 0.3 is 5.97 Å². The number of esters is 1. The fourth-order valence-corrected chi connectivity index (χ4v) is 4.05. The van der Waals surface area contributed by atoms with Crippen LogP contribution in [0.15, 0.2) is 36.9 Å². The Balaban J connectivity index is 0.00000112. The maximum Gasteiger partial charge on any atom is 0.338 e. The summed E-state index contributed by atoms with van der Waals surface area (Å²) >= 11 is 0. The number of anilines is 1. The van der Waals surface area contributed by atoms with E-state index in [0.29, 0.717) is 18.9 Å². The molecular weight excluding hydrogens is 470 g/mol. The van der Waals surface area contributed by atoms with Crippen molar-refractivity contribution >= 4 is 23.2 Å². The van der Waals surface area contributed by atoms with Crippen molar-refractivity contribution in [3.8, 4) is 11.5 Å². The van der Waals surface area contributed by atoms with Crippen LogP contribution in [0, 0.1) is 5.92 Å². The summed E-state index contributed by atoms with van der Waals surface area (Å²) in [5.74, 6) is -2.18. The molecule has 0 saturated carbocycles. The molecule has 7 nitrogen and oxygen atoms in total. The number of phenols is 2. The molecule has 0 radical (unpaired) electrons. The lowest BCUT2D eigenvalue weighted by atomic mass is 9.82. The number of hydrogen-bond acceptors (Lipinski definition) is 7. The van der Waals surface area contributed by atoms with Crippen LogP contribution in [0.3, 0.4) is 0 Å². The van der Waals surface area contributed by atoms with Gasteiger partial charge in [0.25, 0.3) is 0 Å². The smallest absolute Gasteiger partial charge is 0.338 e. The third-order valence-electron chi connectivity index (χ3n) is 6.33. The van der Waals surface area contributed by atoms with E-state index in [2.05, 4.69) is 32.7 Å². The first kappa shape index (κ1) is 29.6. The van der Waals surface area contributed by atoms with Gasteiger partial charge in [-0.3, -0.25) is 9.59 Å². The average molecular weight is 510 g/mol. The first-order valence-corrected chi connectivity index (χ1v) is 13.1. The third kappa shape index (κ3) is 7.00. The van der Waals surface area contributed by atoms with Gasteiger partial charge in [-0.05, 0) is 43.4 Å². The number of rotatable bonds is 11. The van der Waals surface area contributed by atoms with Gasteiger partial charge in [-0.15, -0.1) is 6.58 Å². The van der Waals surface area contributed by atoms with Crippen LogP contribution in [0.4, 0.5) is 5.69 Å². The summed E-state index contributed by atoms with van der Waals surface area (Å²) in [4.78, 5) is 38.6. The Morgan fingerprint density at radius 3 is 2.30 bits per heavy atom. The molecule has 0 spiro atoms. The minimum absolute atomic E-state index is 0.000297. The van der Waals surface area contributed by atoms with Crippen LogP contribution < -0.4 is 5.32 Å². The molecule has 0 heterocycles. The van der Waals surface area contributed by atoms with Crippen LogP contribution in [0.5, 0.6) is 11.5 Å². The molecule has 0 aliphatic heterocycles. The van der Waals surface area contributed by atoms with E-state index >= 15 is 0 Å². The fourth-order valence-electron chi connectivity index (χ4n) is 4.05. The van der Waals surface area contributed by atoms with E-state index in [1.807, 2.05) is 13.0 Å². The zero-order valence-electron chi connectivity index (χ0n) is 22.4. The Morgan fingerprint density at radius 2 is 1.70 bits per heavy atom. The van der Waals surface area contributed by atoms with Crippen molar-refractivity contribution < 1.29 is 29.3 Å². The Labute approximate surface area is 219 Å². The van der Waals surface area contributed by atoms with Gasteiger partial charge in [0.2, 0.25) is 0 Å². The minimum atomic E-state index is -0.626. The molecule has 0 bridgehead atoms. The van der Waals surface area contributed by atoms with Crippen LogP contribution in [-0.2, 0) is 4.74 Å². The van der Waals surface area contributed by atoms with Gasteiger partial charge in [-0.2, -0.15) is 0 Å². The third-order valence-corrected chi connectivity index (χ3v) is 6.33. The Bertz CT molecular complexity index is 1140. The van der Waals surface area contributed by atoms with Crippen LogP contribution in [0.25, 0.3) is 0 Å². The molecular formula is C30H39NO6. The molecule has 0 aromatic heterocycles. The lowest BCUT2D eigenvalue weighted by Crippen LogP contribution is -2.23. The van der Waals surface area contributed by atoms with Crippen molar-refractivity contribution in [1.29, 1.82) is 0 Å². The molecule has 2 aromatic carbocycles. The highest BCUT2D eigenvalue weighted by molar-refractivity contribution is 6.31. The second-order valence-electron chi connectivity index (χ2n) is 9.09. The van der Waals surface area contributed by atoms with E-state index in [1.54, 1.807) is 0 Å². The lowest BCUT2D eigenvalue weighted by molar-refractivity contribution is 0.0504. The molecule has 2 aromatic rings. The second kappa shape index (κ2) is 14.2. The average Bonchev–Trinajstić information content (AvgIpc) is 2.91. The van der Waals surface area contributed by atoms with Gasteiger partial charge in [-0.1, -0.05) is 53.0 Å². The summed E-state index contributed by atoms with van der Waals surface area (Å²) in [6.07, 6.45) is 7.77. The maximum absolute atomic E-state index is 13.3. The number of carbonyl (C=O) groups excluding carboxylic acids is 3. The number of aromatic hydroxyl groups is 2. The number of benzene rings is 2. The molecule has 1 aliphatic rings. The van der Waals surface area contributed by atoms with E-state index in [0.717, 1.165) is 32.1 Å². The first-order valence-electron chi connectivity index (χ1n) is 13.1. The highest BCUT2D eigenvalue weighted by atomic mass is 16.5. The molecule has 1 unspecified atom stereocenters. The van der Waals surface area contributed by atoms with Gasteiger partial charge in [0.1, 0.15) is 5.75 Å².